The Balaban J connectivity index is 2.15. The Hall–Kier alpha value is -3.05. The molecule has 1 unspecified atom stereocenters. The number of carbonyl (C=O) groups excluding carboxylic acids is 3. The van der Waals surface area contributed by atoms with Gasteiger partial charge in [-0.05, 0) is 17.7 Å². The van der Waals surface area contributed by atoms with E-state index in [2.05, 4.69) is 15.9 Å². The topological polar surface area (TPSA) is 60.4 Å². The summed E-state index contributed by atoms with van der Waals surface area (Å²) in [5.41, 5.74) is 1.28. The van der Waals surface area contributed by atoms with Crippen LogP contribution in [0.1, 0.15) is 32.2 Å². The van der Waals surface area contributed by atoms with Crippen LogP contribution >= 0.6 is 15.9 Å². The second-order valence-electron chi connectivity index (χ2n) is 6.49. The Morgan fingerprint density at radius 3 is 1.59 bits per heavy atom. The molecule has 3 aromatic rings. The van der Waals surface area contributed by atoms with E-state index in [-0.39, 0.29) is 0 Å². The zero-order chi connectivity index (χ0) is 20.8. The highest BCUT2D eigenvalue weighted by atomic mass is 79.9. The number of Topliss-reactive ketones (excluding diaryl/α,β-unsaturated/α-hetero) is 2. The minimum Gasteiger partial charge on any atom is -0.469 e. The minimum absolute atomic E-state index is 0.368. The van der Waals surface area contributed by atoms with Crippen molar-refractivity contribution in [2.24, 2.45) is 5.92 Å². The fourth-order valence-corrected chi connectivity index (χ4v) is 3.51. The zero-order valence-electron chi connectivity index (χ0n) is 15.7. The first-order valence-electron chi connectivity index (χ1n) is 9.04. The van der Waals surface area contributed by atoms with Crippen molar-refractivity contribution in [3.05, 3.63) is 106 Å². The van der Waals surface area contributed by atoms with Crippen molar-refractivity contribution < 1.29 is 19.1 Å². The van der Waals surface area contributed by atoms with Crippen molar-refractivity contribution in [3.63, 3.8) is 0 Å². The molecular weight excluding hydrogens is 432 g/mol. The number of rotatable bonds is 7. The Labute approximate surface area is 177 Å². The molecule has 146 valence electrons. The molecule has 5 heteroatoms. The summed E-state index contributed by atoms with van der Waals surface area (Å²) in [6.07, 6.45) is 0. The monoisotopic (exact) mass is 450 g/mol. The Morgan fingerprint density at radius 2 is 1.17 bits per heavy atom. The SMILES string of the molecule is COC(=O)C(c1ccc(Br)cc1)C(C(=O)c1ccccc1)C(=O)c1ccccc1. The van der Waals surface area contributed by atoms with Gasteiger partial charge in [0.25, 0.3) is 0 Å². The molecule has 0 amide bonds. The van der Waals surface area contributed by atoms with Gasteiger partial charge in [-0.15, -0.1) is 0 Å². The molecule has 29 heavy (non-hydrogen) atoms. The number of methoxy groups -OCH3 is 1. The fourth-order valence-electron chi connectivity index (χ4n) is 3.25. The van der Waals surface area contributed by atoms with Crippen LogP contribution in [-0.4, -0.2) is 24.6 Å². The van der Waals surface area contributed by atoms with Crippen LogP contribution in [0.3, 0.4) is 0 Å². The maximum atomic E-state index is 13.4. The number of esters is 1. The van der Waals surface area contributed by atoms with Gasteiger partial charge in [0.2, 0.25) is 0 Å². The molecule has 4 nitrogen and oxygen atoms in total. The Kier molecular flexibility index (Phi) is 6.73. The molecule has 0 spiro atoms. The summed E-state index contributed by atoms with van der Waals surface area (Å²) in [6.45, 7) is 0. The number of halogens is 1. The van der Waals surface area contributed by atoms with E-state index in [1.54, 1.807) is 84.9 Å². The molecule has 0 aromatic heterocycles. The maximum absolute atomic E-state index is 13.4. The molecule has 0 aliphatic rings. The number of hydrogen-bond donors (Lipinski definition) is 0. The lowest BCUT2D eigenvalue weighted by atomic mass is 9.77. The number of carbonyl (C=O) groups is 3. The summed E-state index contributed by atoms with van der Waals surface area (Å²) in [5.74, 6) is -3.77. The molecule has 0 saturated carbocycles. The highest BCUT2D eigenvalue weighted by Gasteiger charge is 2.41. The van der Waals surface area contributed by atoms with E-state index in [4.69, 9.17) is 4.74 Å². The van der Waals surface area contributed by atoms with Crippen molar-refractivity contribution in [2.45, 2.75) is 5.92 Å². The number of hydrogen-bond acceptors (Lipinski definition) is 4. The van der Waals surface area contributed by atoms with Crippen molar-refractivity contribution in [3.8, 4) is 0 Å². The summed E-state index contributed by atoms with van der Waals surface area (Å²) in [4.78, 5) is 39.6. The van der Waals surface area contributed by atoms with E-state index in [9.17, 15) is 14.4 Å². The van der Waals surface area contributed by atoms with Crippen LogP contribution in [0, 0.1) is 5.92 Å². The Bertz CT molecular complexity index is 947. The normalized spacial score (nSPS) is 11.7. The second-order valence-corrected chi connectivity index (χ2v) is 7.41. The van der Waals surface area contributed by atoms with E-state index in [0.717, 1.165) is 4.47 Å². The average molecular weight is 451 g/mol. The molecular formula is C24H19BrO4. The van der Waals surface area contributed by atoms with E-state index in [1.807, 2.05) is 0 Å². The lowest BCUT2D eigenvalue weighted by Gasteiger charge is -2.24. The molecule has 0 fully saturated rings. The molecule has 0 aliphatic heterocycles. The van der Waals surface area contributed by atoms with Crippen molar-refractivity contribution in [1.82, 2.24) is 0 Å². The molecule has 0 heterocycles. The van der Waals surface area contributed by atoms with Crippen molar-refractivity contribution in [1.29, 1.82) is 0 Å². The summed E-state index contributed by atoms with van der Waals surface area (Å²) in [5, 5.41) is 0. The molecule has 3 rings (SSSR count). The van der Waals surface area contributed by atoms with Crippen LogP contribution in [0.5, 0.6) is 0 Å². The van der Waals surface area contributed by atoms with Crippen molar-refractivity contribution >= 4 is 33.5 Å². The van der Waals surface area contributed by atoms with E-state index >= 15 is 0 Å². The second kappa shape index (κ2) is 9.43. The summed E-state index contributed by atoms with van der Waals surface area (Å²) in [7, 11) is 1.26. The highest BCUT2D eigenvalue weighted by molar-refractivity contribution is 9.10. The standard InChI is InChI=1S/C24H19BrO4/c1-29-24(28)20(16-12-14-19(25)15-13-16)21(22(26)17-8-4-2-5-9-17)23(27)18-10-6-3-7-11-18/h2-15,20-21H,1H3. The molecule has 0 saturated heterocycles. The van der Waals surface area contributed by atoms with Gasteiger partial charge in [-0.1, -0.05) is 88.7 Å². The largest absolute Gasteiger partial charge is 0.469 e. The van der Waals surface area contributed by atoms with Gasteiger partial charge in [0.1, 0.15) is 5.92 Å². The van der Waals surface area contributed by atoms with Gasteiger partial charge >= 0.3 is 5.97 Å². The van der Waals surface area contributed by atoms with Crippen LogP contribution in [0.4, 0.5) is 0 Å². The first-order chi connectivity index (χ1) is 14.0. The predicted molar refractivity (Wildman–Crippen MR) is 114 cm³/mol. The molecule has 0 aliphatic carbocycles. The first-order valence-corrected chi connectivity index (χ1v) is 9.84. The zero-order valence-corrected chi connectivity index (χ0v) is 17.3. The number of ketones is 2. The predicted octanol–water partition coefficient (Wildman–Crippen LogP) is 5.09. The van der Waals surface area contributed by atoms with Gasteiger partial charge in [-0.3, -0.25) is 14.4 Å². The summed E-state index contributed by atoms with van der Waals surface area (Å²) in [6, 6.07) is 24.0. The van der Waals surface area contributed by atoms with Crippen LogP contribution in [0.2, 0.25) is 0 Å². The third kappa shape index (κ3) is 4.69. The van der Waals surface area contributed by atoms with E-state index in [1.165, 1.54) is 7.11 Å². The average Bonchev–Trinajstić information content (AvgIpc) is 2.78. The summed E-state index contributed by atoms with van der Waals surface area (Å²) < 4.78 is 5.82. The van der Waals surface area contributed by atoms with E-state index < -0.39 is 29.4 Å². The summed E-state index contributed by atoms with van der Waals surface area (Å²) >= 11 is 3.37. The quantitative estimate of drug-likeness (QED) is 0.285. The number of benzene rings is 3. The van der Waals surface area contributed by atoms with E-state index in [0.29, 0.717) is 16.7 Å². The molecule has 3 aromatic carbocycles. The van der Waals surface area contributed by atoms with Gasteiger partial charge in [-0.2, -0.15) is 0 Å². The fraction of sp³-hybridized carbons (Fsp3) is 0.125. The van der Waals surface area contributed by atoms with Gasteiger partial charge < -0.3 is 4.74 Å². The molecule has 0 N–H and O–H groups in total. The van der Waals surface area contributed by atoms with Crippen molar-refractivity contribution in [2.75, 3.05) is 7.11 Å². The lowest BCUT2D eigenvalue weighted by molar-refractivity contribution is -0.143. The molecule has 1 atom stereocenters. The third-order valence-electron chi connectivity index (χ3n) is 4.70. The van der Waals surface area contributed by atoms with Gasteiger partial charge in [0.05, 0.1) is 13.0 Å². The lowest BCUT2D eigenvalue weighted by Crippen LogP contribution is -2.35. The molecule has 0 radical (unpaired) electrons. The number of ether oxygens (including phenoxy) is 1. The Morgan fingerprint density at radius 1 is 0.724 bits per heavy atom. The smallest absolute Gasteiger partial charge is 0.314 e. The van der Waals surface area contributed by atoms with Crippen LogP contribution in [-0.2, 0) is 9.53 Å². The van der Waals surface area contributed by atoms with Crippen LogP contribution in [0.15, 0.2) is 89.4 Å². The van der Waals surface area contributed by atoms with Crippen LogP contribution in [0.25, 0.3) is 0 Å². The van der Waals surface area contributed by atoms with Gasteiger partial charge in [-0.25, -0.2) is 0 Å². The minimum atomic E-state index is -1.24. The van der Waals surface area contributed by atoms with Gasteiger partial charge in [0.15, 0.2) is 11.6 Å². The van der Waals surface area contributed by atoms with Gasteiger partial charge in [0, 0.05) is 15.6 Å². The van der Waals surface area contributed by atoms with Crippen LogP contribution < -0.4 is 0 Å². The molecule has 0 bridgehead atoms. The highest BCUT2D eigenvalue weighted by Crippen LogP contribution is 2.32. The maximum Gasteiger partial charge on any atom is 0.314 e. The third-order valence-corrected chi connectivity index (χ3v) is 5.23. The first kappa shape index (κ1) is 20.7.